The van der Waals surface area contributed by atoms with Crippen molar-refractivity contribution in [3.8, 4) is 11.4 Å². The van der Waals surface area contributed by atoms with E-state index in [1.807, 2.05) is 44.2 Å². The van der Waals surface area contributed by atoms with Crippen LogP contribution in [-0.2, 0) is 9.48 Å². The van der Waals surface area contributed by atoms with Gasteiger partial charge in [0, 0.05) is 30.4 Å². The monoisotopic (exact) mass is 470 g/mol. The molecule has 1 saturated heterocycles. The van der Waals surface area contributed by atoms with Crippen LogP contribution in [0.1, 0.15) is 32.4 Å². The summed E-state index contributed by atoms with van der Waals surface area (Å²) in [6, 6.07) is 13.3. The number of rotatable bonds is 5. The molecule has 2 aromatic carbocycles. The molecular weight excluding hydrogens is 442 g/mol. The van der Waals surface area contributed by atoms with Crippen molar-refractivity contribution >= 4 is 23.3 Å². The minimum Gasteiger partial charge on any atom is -0.399 e. The first kappa shape index (κ1) is 23.4. The number of anilines is 2. The van der Waals surface area contributed by atoms with Gasteiger partial charge in [-0.1, -0.05) is 19.9 Å². The van der Waals surface area contributed by atoms with Gasteiger partial charge in [-0.2, -0.15) is 0 Å². The normalized spacial score (nSPS) is 16.7. The molecule has 2 fully saturated rings. The Morgan fingerprint density at radius 1 is 0.970 bits per heavy atom. The molecular formula is C25H28F2N4OS. The maximum Gasteiger partial charge on any atom is 0.161 e. The van der Waals surface area contributed by atoms with Crippen LogP contribution < -0.4 is 10.6 Å². The Bertz CT molecular complexity index is 1080. The molecule has 33 heavy (non-hydrogen) atoms. The van der Waals surface area contributed by atoms with Gasteiger partial charge in [-0.25, -0.2) is 18.7 Å². The van der Waals surface area contributed by atoms with Crippen LogP contribution in [0.25, 0.3) is 11.4 Å². The van der Waals surface area contributed by atoms with E-state index in [-0.39, 0.29) is 4.90 Å². The van der Waals surface area contributed by atoms with E-state index >= 15 is 0 Å². The third kappa shape index (κ3) is 5.12. The minimum atomic E-state index is -0.544. The van der Waals surface area contributed by atoms with Gasteiger partial charge >= 0.3 is 0 Å². The van der Waals surface area contributed by atoms with Crippen molar-refractivity contribution in [2.24, 2.45) is 0 Å². The highest BCUT2D eigenvalue weighted by Gasteiger charge is 2.48. The number of nitrogen functional groups attached to an aromatic ring is 1. The number of thioether (sulfide) groups is 1. The lowest BCUT2D eigenvalue weighted by Gasteiger charge is -2.29. The molecule has 174 valence electrons. The maximum absolute atomic E-state index is 14.3. The zero-order valence-corrected chi connectivity index (χ0v) is 19.7. The average molecular weight is 471 g/mol. The second-order valence-electron chi connectivity index (χ2n) is 7.80. The highest BCUT2D eigenvalue weighted by Crippen LogP contribution is 2.60. The van der Waals surface area contributed by atoms with Crippen molar-refractivity contribution < 1.29 is 13.5 Å². The first-order valence-electron chi connectivity index (χ1n) is 11.3. The summed E-state index contributed by atoms with van der Waals surface area (Å²) in [4.78, 5) is 11.9. The first-order valence-corrected chi connectivity index (χ1v) is 12.1. The Morgan fingerprint density at radius 3 is 2.21 bits per heavy atom. The summed E-state index contributed by atoms with van der Waals surface area (Å²) in [6.07, 6.45) is 1.60. The molecule has 0 bridgehead atoms. The molecule has 3 aromatic rings. The number of nitrogens with zero attached hydrogens (tertiary/aromatic N) is 3. The van der Waals surface area contributed by atoms with Crippen molar-refractivity contribution in [2.45, 2.75) is 36.3 Å². The van der Waals surface area contributed by atoms with E-state index in [1.165, 1.54) is 30.0 Å². The van der Waals surface area contributed by atoms with Crippen molar-refractivity contribution in [3.63, 3.8) is 0 Å². The van der Waals surface area contributed by atoms with E-state index in [0.29, 0.717) is 24.7 Å². The van der Waals surface area contributed by atoms with Crippen LogP contribution in [0.4, 0.5) is 20.3 Å². The van der Waals surface area contributed by atoms with E-state index < -0.39 is 16.4 Å². The first-order chi connectivity index (χ1) is 16.0. The topological polar surface area (TPSA) is 64.3 Å². The van der Waals surface area contributed by atoms with Crippen LogP contribution in [0, 0.1) is 11.6 Å². The molecule has 2 aliphatic rings. The number of halogens is 2. The predicted octanol–water partition coefficient (Wildman–Crippen LogP) is 5.65. The fourth-order valence-corrected chi connectivity index (χ4v) is 4.92. The van der Waals surface area contributed by atoms with Crippen LogP contribution >= 0.6 is 11.8 Å². The van der Waals surface area contributed by atoms with Gasteiger partial charge in [-0.05, 0) is 49.2 Å². The summed E-state index contributed by atoms with van der Waals surface area (Å²) in [5.41, 5.74) is 8.15. The van der Waals surface area contributed by atoms with Gasteiger partial charge in [-0.15, -0.1) is 11.8 Å². The molecule has 2 heterocycles. The van der Waals surface area contributed by atoms with Crippen LogP contribution in [0.5, 0.6) is 0 Å². The molecule has 0 radical (unpaired) electrons. The summed E-state index contributed by atoms with van der Waals surface area (Å²) in [7, 11) is 0. The molecule has 0 spiro atoms. The average Bonchev–Trinajstić information content (AvgIpc) is 3.65. The van der Waals surface area contributed by atoms with E-state index in [4.69, 9.17) is 20.4 Å². The third-order valence-electron chi connectivity index (χ3n) is 5.60. The van der Waals surface area contributed by atoms with Crippen molar-refractivity contribution in [1.82, 2.24) is 9.97 Å². The molecule has 1 saturated carbocycles. The number of ether oxygens (including phenoxy) is 1. The zero-order chi connectivity index (χ0) is 23.4. The lowest BCUT2D eigenvalue weighted by Crippen LogP contribution is -2.37. The van der Waals surface area contributed by atoms with E-state index in [1.54, 1.807) is 0 Å². The fourth-order valence-electron chi connectivity index (χ4n) is 3.68. The van der Waals surface area contributed by atoms with Gasteiger partial charge in [0.15, 0.2) is 5.82 Å². The van der Waals surface area contributed by atoms with Crippen LogP contribution in [0.2, 0.25) is 0 Å². The highest BCUT2D eigenvalue weighted by atomic mass is 32.2. The Morgan fingerprint density at radius 2 is 1.61 bits per heavy atom. The Kier molecular flexibility index (Phi) is 7.14. The van der Waals surface area contributed by atoms with Crippen molar-refractivity contribution in [3.05, 3.63) is 65.9 Å². The van der Waals surface area contributed by atoms with Crippen molar-refractivity contribution in [2.75, 3.05) is 36.9 Å². The van der Waals surface area contributed by atoms with E-state index in [0.717, 1.165) is 43.0 Å². The largest absolute Gasteiger partial charge is 0.399 e. The predicted molar refractivity (Wildman–Crippen MR) is 129 cm³/mol. The van der Waals surface area contributed by atoms with Crippen LogP contribution in [0.15, 0.2) is 53.4 Å². The molecule has 1 aromatic heterocycles. The van der Waals surface area contributed by atoms with Crippen LogP contribution in [0.3, 0.4) is 0 Å². The van der Waals surface area contributed by atoms with Gasteiger partial charge in [0.2, 0.25) is 0 Å². The molecule has 0 amide bonds. The van der Waals surface area contributed by atoms with E-state index in [9.17, 15) is 8.78 Å². The number of morpholine rings is 1. The zero-order valence-electron chi connectivity index (χ0n) is 18.9. The number of benzene rings is 2. The standard InChI is InChI=1S/C23H22F2N4OS.C2H6/c24-17-2-1-3-18(25)21(17)31-23(8-9-23)19-14-20(29-10-12-30-13-11-29)28-22(27-19)15-4-6-16(26)7-5-15;1-2/h1-7,14H,8-13,26H2;1-2H3. The number of nitrogens with two attached hydrogens (primary N) is 1. The Hall–Kier alpha value is -2.71. The number of hydrogen-bond donors (Lipinski definition) is 1. The van der Waals surface area contributed by atoms with E-state index in [2.05, 4.69) is 4.90 Å². The summed E-state index contributed by atoms with van der Waals surface area (Å²) < 4.78 is 33.7. The van der Waals surface area contributed by atoms with Gasteiger partial charge in [-0.3, -0.25) is 0 Å². The van der Waals surface area contributed by atoms with Gasteiger partial charge in [0.05, 0.1) is 28.6 Å². The molecule has 0 unspecified atom stereocenters. The molecule has 5 nitrogen and oxygen atoms in total. The highest BCUT2D eigenvalue weighted by molar-refractivity contribution is 8.00. The second kappa shape index (κ2) is 10.1. The SMILES string of the molecule is CC.Nc1ccc(-c2nc(N3CCOCC3)cc(C3(Sc4c(F)cccc4F)CC3)n2)cc1. The second-order valence-corrected chi connectivity index (χ2v) is 9.20. The van der Waals surface area contributed by atoms with Gasteiger partial charge < -0.3 is 15.4 Å². The van der Waals surface area contributed by atoms with Gasteiger partial charge in [0.25, 0.3) is 0 Å². The molecule has 0 atom stereocenters. The molecule has 5 rings (SSSR count). The summed E-state index contributed by atoms with van der Waals surface area (Å²) in [5.74, 6) is 0.302. The maximum atomic E-state index is 14.3. The Labute approximate surface area is 197 Å². The molecule has 8 heteroatoms. The van der Waals surface area contributed by atoms with Gasteiger partial charge in [0.1, 0.15) is 17.5 Å². The third-order valence-corrected chi connectivity index (χ3v) is 7.21. The molecule has 1 aliphatic heterocycles. The lowest BCUT2D eigenvalue weighted by atomic mass is 10.1. The van der Waals surface area contributed by atoms with Crippen LogP contribution in [-0.4, -0.2) is 36.3 Å². The quantitative estimate of drug-likeness (QED) is 0.486. The summed E-state index contributed by atoms with van der Waals surface area (Å²) in [6.45, 7) is 6.74. The Balaban J connectivity index is 0.00000126. The lowest BCUT2D eigenvalue weighted by molar-refractivity contribution is 0.122. The molecule has 1 aliphatic carbocycles. The minimum absolute atomic E-state index is 0.0422. The fraction of sp³-hybridized carbons (Fsp3) is 0.360. The smallest absolute Gasteiger partial charge is 0.161 e. The summed E-state index contributed by atoms with van der Waals surface area (Å²) >= 11 is 1.22. The number of hydrogen-bond acceptors (Lipinski definition) is 6. The summed E-state index contributed by atoms with van der Waals surface area (Å²) in [5, 5.41) is 0. The number of aromatic nitrogens is 2. The van der Waals surface area contributed by atoms with Crippen molar-refractivity contribution in [1.29, 1.82) is 0 Å². The molecule has 2 N–H and O–H groups in total.